The zero-order valence-electron chi connectivity index (χ0n) is 24.4. The monoisotopic (exact) mass is 577 g/mol. The molecule has 4 aromatic rings. The predicted octanol–water partition coefficient (Wildman–Crippen LogP) is 5.50. The maximum absolute atomic E-state index is 13.5. The van der Waals surface area contributed by atoms with Crippen LogP contribution >= 0.6 is 0 Å². The van der Waals surface area contributed by atoms with Gasteiger partial charge in [0.15, 0.2) is 0 Å². The van der Waals surface area contributed by atoms with Gasteiger partial charge in [0.1, 0.15) is 17.3 Å². The van der Waals surface area contributed by atoms with Crippen LogP contribution in [0.3, 0.4) is 0 Å². The second-order valence-corrected chi connectivity index (χ2v) is 9.86. The first-order valence-electron chi connectivity index (χ1n) is 13.7. The van der Waals surface area contributed by atoms with E-state index >= 15 is 0 Å². The molecule has 220 valence electrons. The second-order valence-electron chi connectivity index (χ2n) is 9.86. The highest BCUT2D eigenvalue weighted by atomic mass is 16.5. The van der Waals surface area contributed by atoms with E-state index in [0.717, 1.165) is 22.3 Å². The zero-order valence-corrected chi connectivity index (χ0v) is 24.4. The highest BCUT2D eigenvalue weighted by Gasteiger charge is 2.30. The first-order chi connectivity index (χ1) is 20.8. The maximum Gasteiger partial charge on any atom is 0.311 e. The summed E-state index contributed by atoms with van der Waals surface area (Å²) >= 11 is 0. The number of methoxy groups -OCH3 is 3. The van der Waals surface area contributed by atoms with Crippen molar-refractivity contribution in [2.75, 3.05) is 21.3 Å². The number of carbonyl (C=O) groups excluding carboxylic acids is 2. The number of amidine groups is 1. The molecule has 0 fully saturated rings. The summed E-state index contributed by atoms with van der Waals surface area (Å²) < 4.78 is 16.0. The van der Waals surface area contributed by atoms with Gasteiger partial charge in [-0.15, -0.1) is 0 Å². The Kier molecular flexibility index (Phi) is 10.3. The number of benzene rings is 4. The van der Waals surface area contributed by atoms with Crippen molar-refractivity contribution in [2.24, 2.45) is 11.7 Å². The van der Waals surface area contributed by atoms with Crippen molar-refractivity contribution >= 4 is 23.8 Å². The molecule has 0 radical (unpaired) electrons. The van der Waals surface area contributed by atoms with Crippen molar-refractivity contribution in [3.8, 4) is 22.6 Å². The fraction of sp³-hybridized carbons (Fsp3) is 0.171. The second kappa shape index (κ2) is 14.5. The minimum Gasteiger partial charge on any atom is -0.497 e. The maximum atomic E-state index is 13.5. The molecule has 1 amide bonds. The summed E-state index contributed by atoms with van der Waals surface area (Å²) in [5.74, 6) is -0.308. The molecule has 0 aliphatic rings. The quantitative estimate of drug-likeness (QED) is 0.116. The van der Waals surface area contributed by atoms with Crippen LogP contribution in [0.5, 0.6) is 11.5 Å². The number of rotatable bonds is 12. The number of nitrogens with one attached hydrogen (secondary N) is 2. The number of hydrogen-bond acceptors (Lipinski definition) is 6. The molecule has 0 heterocycles. The van der Waals surface area contributed by atoms with Gasteiger partial charge in [-0.2, -0.15) is 0 Å². The van der Waals surface area contributed by atoms with Crippen LogP contribution in [0.25, 0.3) is 17.2 Å². The third-order valence-electron chi connectivity index (χ3n) is 7.09. The molecule has 8 nitrogen and oxygen atoms in total. The number of hydrogen-bond donors (Lipinski definition) is 3. The Labute approximate surface area is 251 Å². The molecule has 4 rings (SSSR count). The average molecular weight is 578 g/mol. The van der Waals surface area contributed by atoms with Crippen LogP contribution in [-0.4, -0.2) is 45.1 Å². The highest BCUT2D eigenvalue weighted by Crippen LogP contribution is 2.33. The van der Waals surface area contributed by atoms with Crippen molar-refractivity contribution in [1.82, 2.24) is 5.32 Å². The molecule has 2 atom stereocenters. The van der Waals surface area contributed by atoms with Gasteiger partial charge in [0.2, 0.25) is 0 Å². The Bertz CT molecular complexity index is 1600. The normalized spacial score (nSPS) is 12.3. The largest absolute Gasteiger partial charge is 0.497 e. The molecular weight excluding hydrogens is 542 g/mol. The van der Waals surface area contributed by atoms with Gasteiger partial charge in [-0.1, -0.05) is 72.8 Å². The lowest BCUT2D eigenvalue weighted by atomic mass is 9.90. The minimum atomic E-state index is -0.751. The third kappa shape index (κ3) is 7.89. The molecule has 0 aliphatic heterocycles. The molecule has 0 saturated carbocycles. The zero-order chi connectivity index (χ0) is 30.8. The van der Waals surface area contributed by atoms with Gasteiger partial charge < -0.3 is 25.3 Å². The van der Waals surface area contributed by atoms with Crippen LogP contribution in [0, 0.1) is 11.3 Å². The SMILES string of the molecule is COC(=O)C(Cc1cccc(C(=N)N)c1)C(/C=C/c1ccccc1)NC(=O)c1ccc(-c2ccc(OC)cc2OC)cc1. The first-order valence-corrected chi connectivity index (χ1v) is 13.7. The molecule has 4 aromatic carbocycles. The van der Waals surface area contributed by atoms with E-state index in [1.54, 1.807) is 56.7 Å². The lowest BCUT2D eigenvalue weighted by Gasteiger charge is -2.24. The molecule has 0 aliphatic carbocycles. The Morgan fingerprint density at radius 1 is 0.860 bits per heavy atom. The lowest BCUT2D eigenvalue weighted by Crippen LogP contribution is -2.43. The number of nitrogen functional groups attached to an aromatic ring is 1. The summed E-state index contributed by atoms with van der Waals surface area (Å²) in [4.78, 5) is 26.7. The van der Waals surface area contributed by atoms with E-state index in [0.29, 0.717) is 22.6 Å². The Morgan fingerprint density at radius 2 is 1.60 bits per heavy atom. The number of ether oxygens (including phenoxy) is 3. The van der Waals surface area contributed by atoms with Crippen LogP contribution in [0.15, 0.2) is 103 Å². The topological polar surface area (TPSA) is 124 Å². The molecule has 4 N–H and O–H groups in total. The van der Waals surface area contributed by atoms with E-state index in [-0.39, 0.29) is 18.2 Å². The Hall–Kier alpha value is -5.37. The van der Waals surface area contributed by atoms with E-state index in [2.05, 4.69) is 5.32 Å². The van der Waals surface area contributed by atoms with Gasteiger partial charge >= 0.3 is 5.97 Å². The van der Waals surface area contributed by atoms with Crippen LogP contribution < -0.4 is 20.5 Å². The molecule has 0 saturated heterocycles. The van der Waals surface area contributed by atoms with Crippen LogP contribution in [0.1, 0.15) is 27.0 Å². The first kappa shape index (κ1) is 30.6. The standard InChI is InChI=1S/C35H35N3O5/c1-41-28-17-18-29(32(22-28)42-2)25-13-15-26(16-14-25)34(39)38-31(19-12-23-8-5-4-6-9-23)30(35(40)43-3)21-24-10-7-11-27(20-24)33(36)37/h4-20,22,30-31H,21H2,1-3H3,(H3,36,37)(H,38,39)/b19-12+. The molecule has 2 unspecified atom stereocenters. The lowest BCUT2D eigenvalue weighted by molar-refractivity contribution is -0.145. The molecule has 0 bridgehead atoms. The van der Waals surface area contributed by atoms with Crippen molar-refractivity contribution < 1.29 is 23.8 Å². The number of nitrogens with two attached hydrogens (primary N) is 1. The van der Waals surface area contributed by atoms with Crippen molar-refractivity contribution in [3.05, 3.63) is 125 Å². The summed E-state index contributed by atoms with van der Waals surface area (Å²) in [6.07, 6.45) is 3.93. The fourth-order valence-electron chi connectivity index (χ4n) is 4.76. The van der Waals surface area contributed by atoms with E-state index in [9.17, 15) is 9.59 Å². The summed E-state index contributed by atoms with van der Waals surface area (Å²) in [6, 6.07) is 28.8. The van der Waals surface area contributed by atoms with E-state index in [4.69, 9.17) is 25.4 Å². The van der Waals surface area contributed by atoms with E-state index < -0.39 is 17.9 Å². The Balaban J connectivity index is 1.63. The number of amides is 1. The Morgan fingerprint density at radius 3 is 2.26 bits per heavy atom. The summed E-state index contributed by atoms with van der Waals surface area (Å²) in [7, 11) is 4.52. The van der Waals surface area contributed by atoms with Gasteiger partial charge in [0.25, 0.3) is 5.91 Å². The molecular formula is C35H35N3O5. The van der Waals surface area contributed by atoms with Gasteiger partial charge in [0.05, 0.1) is 33.3 Å². The average Bonchev–Trinajstić information content (AvgIpc) is 3.05. The van der Waals surface area contributed by atoms with E-state index in [1.165, 1.54) is 7.11 Å². The van der Waals surface area contributed by atoms with Gasteiger partial charge in [0, 0.05) is 22.8 Å². The van der Waals surface area contributed by atoms with E-state index in [1.807, 2.05) is 66.7 Å². The summed E-state index contributed by atoms with van der Waals surface area (Å²) in [6.45, 7) is 0. The van der Waals surface area contributed by atoms with Crippen LogP contribution in [-0.2, 0) is 16.0 Å². The highest BCUT2D eigenvalue weighted by molar-refractivity contribution is 5.96. The van der Waals surface area contributed by atoms with Gasteiger partial charge in [-0.25, -0.2) is 0 Å². The molecule has 0 spiro atoms. The number of esters is 1. The van der Waals surface area contributed by atoms with Crippen molar-refractivity contribution in [1.29, 1.82) is 5.41 Å². The van der Waals surface area contributed by atoms with Crippen LogP contribution in [0.2, 0.25) is 0 Å². The predicted molar refractivity (Wildman–Crippen MR) is 168 cm³/mol. The summed E-state index contributed by atoms with van der Waals surface area (Å²) in [5.41, 5.74) is 10.1. The van der Waals surface area contributed by atoms with Crippen molar-refractivity contribution in [2.45, 2.75) is 12.5 Å². The minimum absolute atomic E-state index is 0.0685. The number of carbonyl (C=O) groups is 2. The third-order valence-corrected chi connectivity index (χ3v) is 7.09. The fourth-order valence-corrected chi connectivity index (χ4v) is 4.76. The smallest absolute Gasteiger partial charge is 0.311 e. The van der Waals surface area contributed by atoms with Gasteiger partial charge in [-0.3, -0.25) is 15.0 Å². The summed E-state index contributed by atoms with van der Waals surface area (Å²) in [5, 5.41) is 10.8. The van der Waals surface area contributed by atoms with Gasteiger partial charge in [-0.05, 0) is 53.4 Å². The molecule has 8 heteroatoms. The van der Waals surface area contributed by atoms with Crippen LogP contribution in [0.4, 0.5) is 0 Å². The molecule has 0 aromatic heterocycles. The van der Waals surface area contributed by atoms with Crippen molar-refractivity contribution in [3.63, 3.8) is 0 Å². The molecule has 43 heavy (non-hydrogen) atoms.